The van der Waals surface area contributed by atoms with Crippen LogP contribution in [0, 0.1) is 6.92 Å². The molecule has 0 saturated carbocycles. The highest BCUT2D eigenvalue weighted by atomic mass is 32.1. The molecule has 1 N–H and O–H groups in total. The fourth-order valence-electron chi connectivity index (χ4n) is 3.14. The van der Waals surface area contributed by atoms with Crippen LogP contribution in [-0.2, 0) is 0 Å². The average molecular weight is 411 g/mol. The number of pyridine rings is 1. The molecule has 0 spiro atoms. The SMILES string of the molecule is Cc1ccc(N=c2sc(C=c3ccc4c(c3)N=CN=4)c(O)n2-c2ccccc2)nc1. The number of rotatable bonds is 3. The molecule has 5 rings (SSSR count). The smallest absolute Gasteiger partial charge is 0.215 e. The van der Waals surface area contributed by atoms with Crippen LogP contribution in [0.2, 0.25) is 0 Å². The van der Waals surface area contributed by atoms with E-state index in [-0.39, 0.29) is 5.88 Å². The maximum absolute atomic E-state index is 11.1. The van der Waals surface area contributed by atoms with Gasteiger partial charge in [-0.05, 0) is 54.1 Å². The Morgan fingerprint density at radius 1 is 1.07 bits per heavy atom. The number of aromatic hydroxyl groups is 1. The molecule has 7 heteroatoms. The number of nitrogens with zero attached hydrogens (tertiary/aromatic N) is 5. The van der Waals surface area contributed by atoms with Crippen LogP contribution in [0.25, 0.3) is 11.8 Å². The summed E-state index contributed by atoms with van der Waals surface area (Å²) in [5.41, 5.74) is 2.72. The Bertz CT molecular complexity index is 1450. The van der Waals surface area contributed by atoms with Gasteiger partial charge in [0, 0.05) is 6.20 Å². The standard InChI is InChI=1S/C23H17N5OS/c1-15-7-10-21(24-13-15)27-23-28(17-5-3-2-4-6-17)22(29)20(30-23)12-16-8-9-18-19(11-16)26-14-25-18/h2-14,29H,1H3. The van der Waals surface area contributed by atoms with Crippen LogP contribution in [0.3, 0.4) is 0 Å². The molecule has 4 aromatic rings. The summed E-state index contributed by atoms with van der Waals surface area (Å²) in [5, 5.41) is 12.8. The summed E-state index contributed by atoms with van der Waals surface area (Å²) < 4.78 is 1.74. The van der Waals surface area contributed by atoms with Crippen molar-refractivity contribution in [1.82, 2.24) is 9.55 Å². The van der Waals surface area contributed by atoms with Gasteiger partial charge in [0.15, 0.2) is 10.6 Å². The molecule has 2 aromatic carbocycles. The molecular weight excluding hydrogens is 394 g/mol. The number of aromatic nitrogens is 2. The van der Waals surface area contributed by atoms with Crippen LogP contribution >= 0.6 is 11.3 Å². The van der Waals surface area contributed by atoms with E-state index < -0.39 is 0 Å². The Kier molecular flexibility index (Phi) is 4.57. The fraction of sp³-hybridized carbons (Fsp3) is 0.0435. The van der Waals surface area contributed by atoms with Crippen molar-refractivity contribution in [2.75, 3.05) is 0 Å². The Morgan fingerprint density at radius 3 is 2.73 bits per heavy atom. The number of hydrogen-bond acceptors (Lipinski definition) is 6. The van der Waals surface area contributed by atoms with Crippen molar-refractivity contribution in [3.8, 4) is 11.6 Å². The Morgan fingerprint density at radius 2 is 1.93 bits per heavy atom. The van der Waals surface area contributed by atoms with E-state index >= 15 is 0 Å². The molecule has 0 radical (unpaired) electrons. The second-order valence-corrected chi connectivity index (χ2v) is 7.82. The lowest BCUT2D eigenvalue weighted by Gasteiger charge is -2.04. The van der Waals surface area contributed by atoms with Crippen LogP contribution in [-0.4, -0.2) is 21.0 Å². The van der Waals surface area contributed by atoms with Crippen LogP contribution < -0.4 is 15.4 Å². The summed E-state index contributed by atoms with van der Waals surface area (Å²) in [6.07, 6.45) is 5.25. The maximum Gasteiger partial charge on any atom is 0.215 e. The molecule has 2 aromatic heterocycles. The number of para-hydroxylation sites is 1. The van der Waals surface area contributed by atoms with Crippen molar-refractivity contribution < 1.29 is 5.11 Å². The van der Waals surface area contributed by atoms with Gasteiger partial charge in [-0.3, -0.25) is 4.57 Å². The zero-order valence-electron chi connectivity index (χ0n) is 16.1. The lowest BCUT2D eigenvalue weighted by Crippen LogP contribution is -2.11. The van der Waals surface area contributed by atoms with Gasteiger partial charge in [0.2, 0.25) is 5.88 Å². The Balaban J connectivity index is 1.71. The average Bonchev–Trinajstić information content (AvgIpc) is 3.34. The summed E-state index contributed by atoms with van der Waals surface area (Å²) >= 11 is 1.40. The zero-order chi connectivity index (χ0) is 20.5. The van der Waals surface area contributed by atoms with Crippen LogP contribution in [0.4, 0.5) is 11.5 Å². The van der Waals surface area contributed by atoms with E-state index in [0.717, 1.165) is 27.5 Å². The third kappa shape index (κ3) is 3.46. The van der Waals surface area contributed by atoms with E-state index in [1.165, 1.54) is 11.3 Å². The van der Waals surface area contributed by atoms with E-state index in [1.54, 1.807) is 17.1 Å². The maximum atomic E-state index is 11.1. The van der Waals surface area contributed by atoms with Gasteiger partial charge in [-0.2, -0.15) is 0 Å². The fourth-order valence-corrected chi connectivity index (χ4v) is 4.14. The predicted octanol–water partition coefficient (Wildman–Crippen LogP) is 3.30. The van der Waals surface area contributed by atoms with Gasteiger partial charge in [0.25, 0.3) is 0 Å². The number of aliphatic imine (C=N–C) groups is 1. The minimum absolute atomic E-state index is 0.130. The second kappa shape index (κ2) is 7.53. The molecule has 3 heterocycles. The first kappa shape index (κ1) is 18.2. The number of fused-ring (bicyclic) bond motifs is 1. The van der Waals surface area contributed by atoms with Crippen LogP contribution in [0.5, 0.6) is 5.88 Å². The quantitative estimate of drug-likeness (QED) is 0.562. The summed E-state index contributed by atoms with van der Waals surface area (Å²) in [6, 6.07) is 19.3. The third-order valence-electron chi connectivity index (χ3n) is 4.64. The van der Waals surface area contributed by atoms with E-state index in [4.69, 9.17) is 4.99 Å². The lowest BCUT2D eigenvalue weighted by molar-refractivity contribution is 0.439. The first-order chi connectivity index (χ1) is 14.7. The molecule has 0 bridgehead atoms. The predicted molar refractivity (Wildman–Crippen MR) is 118 cm³/mol. The van der Waals surface area contributed by atoms with Gasteiger partial charge in [0.05, 0.1) is 21.6 Å². The van der Waals surface area contributed by atoms with Crippen LogP contribution in [0.1, 0.15) is 10.4 Å². The first-order valence-corrected chi connectivity index (χ1v) is 10.2. The monoisotopic (exact) mass is 411 g/mol. The Labute approximate surface area is 176 Å². The van der Waals surface area contributed by atoms with E-state index in [1.807, 2.05) is 73.7 Å². The molecule has 0 aliphatic carbocycles. The summed E-state index contributed by atoms with van der Waals surface area (Å²) in [5.74, 6) is 0.720. The topological polar surface area (TPSA) is 75.1 Å². The molecule has 146 valence electrons. The Hall–Kier alpha value is -3.84. The van der Waals surface area contributed by atoms with Crippen molar-refractivity contribution in [2.45, 2.75) is 6.92 Å². The van der Waals surface area contributed by atoms with E-state index in [2.05, 4.69) is 15.0 Å². The highest BCUT2D eigenvalue weighted by Crippen LogP contribution is 2.25. The van der Waals surface area contributed by atoms with E-state index in [0.29, 0.717) is 15.5 Å². The van der Waals surface area contributed by atoms with Gasteiger partial charge in [-0.1, -0.05) is 41.7 Å². The van der Waals surface area contributed by atoms with Crippen molar-refractivity contribution in [3.63, 3.8) is 0 Å². The summed E-state index contributed by atoms with van der Waals surface area (Å²) in [6.45, 7) is 1.99. The van der Waals surface area contributed by atoms with Gasteiger partial charge in [0.1, 0.15) is 6.34 Å². The molecule has 0 unspecified atom stereocenters. The number of aryl methyl sites for hydroxylation is 1. The molecule has 0 saturated heterocycles. The van der Waals surface area contributed by atoms with Gasteiger partial charge in [-0.25, -0.2) is 20.0 Å². The highest BCUT2D eigenvalue weighted by Gasteiger charge is 2.13. The minimum atomic E-state index is 0.130. The lowest BCUT2D eigenvalue weighted by atomic mass is 10.2. The van der Waals surface area contributed by atoms with Crippen LogP contribution in [0.15, 0.2) is 81.8 Å². The van der Waals surface area contributed by atoms with E-state index in [9.17, 15) is 5.11 Å². The third-order valence-corrected chi connectivity index (χ3v) is 5.61. The minimum Gasteiger partial charge on any atom is -0.493 e. The van der Waals surface area contributed by atoms with Gasteiger partial charge < -0.3 is 5.11 Å². The molecule has 1 aliphatic heterocycles. The molecule has 30 heavy (non-hydrogen) atoms. The number of thiazole rings is 1. The molecule has 0 atom stereocenters. The first-order valence-electron chi connectivity index (χ1n) is 9.37. The van der Waals surface area contributed by atoms with Crippen molar-refractivity contribution in [2.24, 2.45) is 15.0 Å². The second-order valence-electron chi connectivity index (χ2n) is 6.82. The number of hydrogen-bond donors (Lipinski definition) is 1. The van der Waals surface area contributed by atoms with Crippen molar-refractivity contribution in [3.05, 3.63) is 92.7 Å². The largest absolute Gasteiger partial charge is 0.493 e. The molecule has 0 fully saturated rings. The zero-order valence-corrected chi connectivity index (χ0v) is 16.9. The molecule has 1 aliphatic rings. The summed E-state index contributed by atoms with van der Waals surface area (Å²) in [4.78, 5) is 18.9. The van der Waals surface area contributed by atoms with Gasteiger partial charge >= 0.3 is 0 Å². The molecule has 0 amide bonds. The summed E-state index contributed by atoms with van der Waals surface area (Å²) in [7, 11) is 0. The normalized spacial score (nSPS) is 13.5. The molecule has 6 nitrogen and oxygen atoms in total. The van der Waals surface area contributed by atoms with Crippen molar-refractivity contribution in [1.29, 1.82) is 0 Å². The molecular formula is C23H17N5OS. The number of benzene rings is 2. The highest BCUT2D eigenvalue weighted by molar-refractivity contribution is 7.10. The van der Waals surface area contributed by atoms with Crippen molar-refractivity contribution >= 4 is 35.3 Å². The van der Waals surface area contributed by atoms with Gasteiger partial charge in [-0.15, -0.1) is 0 Å².